The summed E-state index contributed by atoms with van der Waals surface area (Å²) in [7, 11) is 0. The van der Waals surface area contributed by atoms with Gasteiger partial charge in [-0.2, -0.15) is 8.75 Å². The molecule has 0 aliphatic carbocycles. The van der Waals surface area contributed by atoms with Gasteiger partial charge < -0.3 is 9.64 Å². The van der Waals surface area contributed by atoms with E-state index >= 15 is 0 Å². The van der Waals surface area contributed by atoms with E-state index in [9.17, 15) is 9.59 Å². The van der Waals surface area contributed by atoms with Crippen molar-refractivity contribution in [1.82, 2.24) is 13.6 Å². The molecule has 1 atom stereocenters. The summed E-state index contributed by atoms with van der Waals surface area (Å²) in [5.74, 6) is 0.635. The number of aromatic nitrogens is 2. The van der Waals surface area contributed by atoms with Crippen LogP contribution in [0.15, 0.2) is 42.5 Å². The van der Waals surface area contributed by atoms with Gasteiger partial charge in [0.25, 0.3) is 5.91 Å². The SMILES string of the molecule is O=C1C[C@@]2(CCN(C(=O)c3ccc4nsnc4c3)C2)Oc2ccccc21. The minimum Gasteiger partial charge on any atom is -0.484 e. The van der Waals surface area contributed by atoms with Crippen molar-refractivity contribution in [2.45, 2.75) is 18.4 Å². The van der Waals surface area contributed by atoms with Gasteiger partial charge in [-0.05, 0) is 30.3 Å². The molecule has 0 radical (unpaired) electrons. The molecule has 26 heavy (non-hydrogen) atoms. The van der Waals surface area contributed by atoms with Gasteiger partial charge in [0.15, 0.2) is 5.78 Å². The average Bonchev–Trinajstić information content (AvgIpc) is 3.27. The molecule has 2 aliphatic heterocycles. The van der Waals surface area contributed by atoms with Crippen LogP contribution in [0.3, 0.4) is 0 Å². The molecule has 130 valence electrons. The first-order valence-electron chi connectivity index (χ1n) is 8.46. The van der Waals surface area contributed by atoms with Crippen molar-refractivity contribution >= 4 is 34.5 Å². The summed E-state index contributed by atoms with van der Waals surface area (Å²) in [6, 6.07) is 12.7. The van der Waals surface area contributed by atoms with E-state index in [2.05, 4.69) is 8.75 Å². The monoisotopic (exact) mass is 365 g/mol. The van der Waals surface area contributed by atoms with E-state index in [1.165, 1.54) is 0 Å². The van der Waals surface area contributed by atoms with E-state index in [1.54, 1.807) is 23.1 Å². The lowest BCUT2D eigenvalue weighted by molar-refractivity contribution is 0.0428. The summed E-state index contributed by atoms with van der Waals surface area (Å²) < 4.78 is 14.5. The number of carbonyl (C=O) groups excluding carboxylic acids is 2. The Labute approximate surface area is 153 Å². The molecule has 0 unspecified atom stereocenters. The third-order valence-electron chi connectivity index (χ3n) is 5.10. The summed E-state index contributed by atoms with van der Waals surface area (Å²) in [6.45, 7) is 0.987. The van der Waals surface area contributed by atoms with E-state index < -0.39 is 5.60 Å². The number of rotatable bonds is 1. The standard InChI is InChI=1S/C19H15N3O3S/c23-16-10-19(25-17-4-2-1-3-13(16)17)7-8-22(11-19)18(24)12-5-6-14-15(9-12)21-26-20-14/h1-6,9H,7-8,10-11H2/t19-/m1/s1. The quantitative estimate of drug-likeness (QED) is 0.663. The maximum absolute atomic E-state index is 12.9. The Kier molecular flexibility index (Phi) is 3.33. The van der Waals surface area contributed by atoms with Crippen molar-refractivity contribution in [3.63, 3.8) is 0 Å². The number of fused-ring (bicyclic) bond motifs is 2. The molecule has 6 nitrogen and oxygen atoms in total. The summed E-state index contributed by atoms with van der Waals surface area (Å²) in [5.41, 5.74) is 2.12. The van der Waals surface area contributed by atoms with Crippen molar-refractivity contribution in [2.24, 2.45) is 0 Å². The minimum atomic E-state index is -0.618. The Balaban J connectivity index is 1.40. The van der Waals surface area contributed by atoms with E-state index in [0.717, 1.165) is 22.8 Å². The summed E-state index contributed by atoms with van der Waals surface area (Å²) in [5, 5.41) is 0. The van der Waals surface area contributed by atoms with Crippen molar-refractivity contribution in [1.29, 1.82) is 0 Å². The van der Waals surface area contributed by atoms with Gasteiger partial charge in [-0.15, -0.1) is 0 Å². The van der Waals surface area contributed by atoms with Crippen molar-refractivity contribution < 1.29 is 14.3 Å². The molecule has 1 saturated heterocycles. The number of amides is 1. The highest BCUT2D eigenvalue weighted by Crippen LogP contribution is 2.39. The molecule has 7 heteroatoms. The van der Waals surface area contributed by atoms with Crippen LogP contribution in [0.2, 0.25) is 0 Å². The van der Waals surface area contributed by atoms with E-state index in [1.807, 2.05) is 24.3 Å². The molecule has 2 aliphatic rings. The van der Waals surface area contributed by atoms with Crippen LogP contribution in [0.25, 0.3) is 11.0 Å². The molecular weight excluding hydrogens is 350 g/mol. The molecule has 1 amide bonds. The highest BCUT2D eigenvalue weighted by atomic mass is 32.1. The van der Waals surface area contributed by atoms with Crippen LogP contribution in [0.1, 0.15) is 33.6 Å². The van der Waals surface area contributed by atoms with Gasteiger partial charge >= 0.3 is 0 Å². The smallest absolute Gasteiger partial charge is 0.254 e. The predicted octanol–water partition coefficient (Wildman–Crippen LogP) is 2.94. The Morgan fingerprint density at radius 2 is 2.00 bits per heavy atom. The lowest BCUT2D eigenvalue weighted by Crippen LogP contribution is -2.45. The first kappa shape index (κ1) is 15.5. The van der Waals surface area contributed by atoms with E-state index in [0.29, 0.717) is 42.8 Å². The second-order valence-electron chi connectivity index (χ2n) is 6.83. The molecule has 1 aromatic heterocycles. The number of nitrogens with zero attached hydrogens (tertiary/aromatic N) is 3. The Morgan fingerprint density at radius 1 is 1.15 bits per heavy atom. The molecule has 1 fully saturated rings. The number of hydrogen-bond donors (Lipinski definition) is 0. The van der Waals surface area contributed by atoms with Crippen LogP contribution >= 0.6 is 11.7 Å². The molecule has 1 spiro atoms. The molecule has 0 bridgehead atoms. The highest BCUT2D eigenvalue weighted by molar-refractivity contribution is 7.00. The highest BCUT2D eigenvalue weighted by Gasteiger charge is 2.47. The fraction of sp³-hybridized carbons (Fsp3) is 0.263. The van der Waals surface area contributed by atoms with Gasteiger partial charge in [-0.25, -0.2) is 0 Å². The second-order valence-corrected chi connectivity index (χ2v) is 7.35. The molecule has 5 rings (SSSR count). The normalized spacial score (nSPS) is 21.8. The van der Waals surface area contributed by atoms with Gasteiger partial charge in [-0.3, -0.25) is 9.59 Å². The van der Waals surface area contributed by atoms with Crippen molar-refractivity contribution in [3.05, 3.63) is 53.6 Å². The van der Waals surface area contributed by atoms with Gasteiger partial charge in [-0.1, -0.05) is 12.1 Å². The second kappa shape index (κ2) is 5.60. The third kappa shape index (κ3) is 2.39. The van der Waals surface area contributed by atoms with Crippen molar-refractivity contribution in [2.75, 3.05) is 13.1 Å². The fourth-order valence-electron chi connectivity index (χ4n) is 3.79. The van der Waals surface area contributed by atoms with Gasteiger partial charge in [0.2, 0.25) is 0 Å². The van der Waals surface area contributed by atoms with Crippen LogP contribution in [0.4, 0.5) is 0 Å². The number of para-hydroxylation sites is 1. The van der Waals surface area contributed by atoms with Crippen LogP contribution in [0.5, 0.6) is 5.75 Å². The Morgan fingerprint density at radius 3 is 2.92 bits per heavy atom. The van der Waals surface area contributed by atoms with Crippen LogP contribution < -0.4 is 4.74 Å². The molecule has 2 aromatic carbocycles. The lowest BCUT2D eigenvalue weighted by atomic mass is 9.89. The van der Waals surface area contributed by atoms with Gasteiger partial charge in [0.05, 0.1) is 30.3 Å². The molecule has 0 N–H and O–H groups in total. The van der Waals surface area contributed by atoms with Crippen LogP contribution in [-0.4, -0.2) is 44.0 Å². The Hall–Kier alpha value is -2.80. The predicted molar refractivity (Wildman–Crippen MR) is 96.7 cm³/mol. The maximum atomic E-state index is 12.9. The number of ether oxygens (including phenoxy) is 1. The molecule has 3 heterocycles. The first-order valence-corrected chi connectivity index (χ1v) is 9.19. The summed E-state index contributed by atoms with van der Waals surface area (Å²) in [6.07, 6.45) is 0.960. The third-order valence-corrected chi connectivity index (χ3v) is 5.66. The van der Waals surface area contributed by atoms with Crippen LogP contribution in [0, 0.1) is 0 Å². The summed E-state index contributed by atoms with van der Waals surface area (Å²) >= 11 is 1.13. The number of carbonyl (C=O) groups is 2. The largest absolute Gasteiger partial charge is 0.484 e. The topological polar surface area (TPSA) is 72.4 Å². The summed E-state index contributed by atoms with van der Waals surface area (Å²) in [4.78, 5) is 27.2. The van der Waals surface area contributed by atoms with Crippen LogP contribution in [-0.2, 0) is 0 Å². The van der Waals surface area contributed by atoms with Gasteiger partial charge in [0.1, 0.15) is 22.4 Å². The number of benzene rings is 2. The fourth-order valence-corrected chi connectivity index (χ4v) is 4.30. The first-order chi connectivity index (χ1) is 12.6. The van der Waals surface area contributed by atoms with Crippen molar-refractivity contribution in [3.8, 4) is 5.75 Å². The lowest BCUT2D eigenvalue weighted by Gasteiger charge is -2.34. The maximum Gasteiger partial charge on any atom is 0.254 e. The van der Waals surface area contributed by atoms with E-state index in [-0.39, 0.29) is 11.7 Å². The zero-order chi connectivity index (χ0) is 17.7. The number of ketones is 1. The zero-order valence-corrected chi connectivity index (χ0v) is 14.7. The molecular formula is C19H15N3O3S. The molecule has 3 aromatic rings. The minimum absolute atomic E-state index is 0.0633. The van der Waals surface area contributed by atoms with E-state index in [4.69, 9.17) is 4.74 Å². The van der Waals surface area contributed by atoms with Gasteiger partial charge in [0, 0.05) is 18.5 Å². The number of Topliss-reactive ketones (excluding diaryl/α,β-unsaturated/α-hetero) is 1. The molecule has 0 saturated carbocycles. The zero-order valence-electron chi connectivity index (χ0n) is 13.8. The number of hydrogen-bond acceptors (Lipinski definition) is 6. The average molecular weight is 365 g/mol. The Bertz CT molecular complexity index is 1050. The number of likely N-dealkylation sites (tertiary alicyclic amines) is 1.